The standard InChI is InChI=1S/C19H18N2/c1-2-8-14(9-3-1)19-15-10-4-5-11-16(15)20-17-12-6-7-13-18(17)21-19/h1-3,6-9,12-13,15H,4-5,10-11H2/t15-/m0/s1. The van der Waals surface area contributed by atoms with Crippen molar-refractivity contribution in [3.8, 4) is 0 Å². The van der Waals surface area contributed by atoms with E-state index in [1.165, 1.54) is 36.2 Å². The normalized spacial score (nSPS) is 20.7. The van der Waals surface area contributed by atoms with E-state index in [1.54, 1.807) is 0 Å². The SMILES string of the molecule is c1ccc(C2=Nc3ccccc3N=C3CCCC[C@@H]32)cc1. The molecule has 2 aliphatic rings. The van der Waals surface area contributed by atoms with Crippen LogP contribution in [-0.2, 0) is 0 Å². The van der Waals surface area contributed by atoms with Crippen LogP contribution >= 0.6 is 0 Å². The molecule has 0 bridgehead atoms. The van der Waals surface area contributed by atoms with Gasteiger partial charge in [-0.2, -0.15) is 0 Å². The lowest BCUT2D eigenvalue weighted by molar-refractivity contribution is 0.614. The number of benzene rings is 2. The van der Waals surface area contributed by atoms with Crippen LogP contribution in [0.1, 0.15) is 31.2 Å². The van der Waals surface area contributed by atoms with Crippen LogP contribution in [0.2, 0.25) is 0 Å². The lowest BCUT2D eigenvalue weighted by atomic mass is 9.81. The molecule has 1 saturated carbocycles. The maximum atomic E-state index is 5.00. The zero-order chi connectivity index (χ0) is 14.1. The average Bonchev–Trinajstić information content (AvgIpc) is 2.72. The topological polar surface area (TPSA) is 24.7 Å². The largest absolute Gasteiger partial charge is 0.255 e. The fourth-order valence-electron chi connectivity index (χ4n) is 3.31. The molecular formula is C19H18N2. The molecule has 1 atom stereocenters. The van der Waals surface area contributed by atoms with Crippen LogP contribution in [-0.4, -0.2) is 11.4 Å². The predicted molar refractivity (Wildman–Crippen MR) is 88.1 cm³/mol. The van der Waals surface area contributed by atoms with Gasteiger partial charge in [0.05, 0.1) is 17.1 Å². The number of para-hydroxylation sites is 2. The van der Waals surface area contributed by atoms with E-state index in [2.05, 4.69) is 42.5 Å². The molecule has 0 unspecified atom stereocenters. The lowest BCUT2D eigenvalue weighted by Crippen LogP contribution is -2.27. The molecule has 1 heterocycles. The van der Waals surface area contributed by atoms with Crippen LogP contribution in [0.5, 0.6) is 0 Å². The second-order valence-electron chi connectivity index (χ2n) is 5.75. The van der Waals surface area contributed by atoms with Gasteiger partial charge in [0, 0.05) is 11.6 Å². The summed E-state index contributed by atoms with van der Waals surface area (Å²) in [6, 6.07) is 18.8. The van der Waals surface area contributed by atoms with Gasteiger partial charge in [-0.25, -0.2) is 4.99 Å². The van der Waals surface area contributed by atoms with E-state index < -0.39 is 0 Å². The molecule has 1 aliphatic heterocycles. The number of nitrogens with zero attached hydrogens (tertiary/aromatic N) is 2. The maximum absolute atomic E-state index is 5.00. The van der Waals surface area contributed by atoms with Crippen LogP contribution in [0.15, 0.2) is 64.6 Å². The molecule has 0 amide bonds. The zero-order valence-electron chi connectivity index (χ0n) is 12.0. The second-order valence-corrected chi connectivity index (χ2v) is 5.75. The lowest BCUT2D eigenvalue weighted by Gasteiger charge is -2.24. The number of hydrogen-bond donors (Lipinski definition) is 0. The Bertz CT molecular complexity index is 713. The molecule has 0 saturated heterocycles. The van der Waals surface area contributed by atoms with Gasteiger partial charge in [0.15, 0.2) is 0 Å². The van der Waals surface area contributed by atoms with Crippen LogP contribution < -0.4 is 0 Å². The van der Waals surface area contributed by atoms with E-state index in [4.69, 9.17) is 9.98 Å². The van der Waals surface area contributed by atoms with Crippen molar-refractivity contribution in [1.82, 2.24) is 0 Å². The van der Waals surface area contributed by atoms with Gasteiger partial charge >= 0.3 is 0 Å². The highest BCUT2D eigenvalue weighted by atomic mass is 14.9. The minimum atomic E-state index is 0.383. The van der Waals surface area contributed by atoms with Crippen LogP contribution in [0.25, 0.3) is 0 Å². The first-order valence-electron chi connectivity index (χ1n) is 7.72. The molecule has 2 aromatic rings. The molecule has 0 N–H and O–H groups in total. The number of fused-ring (bicyclic) bond motifs is 2. The van der Waals surface area contributed by atoms with Gasteiger partial charge in [-0.15, -0.1) is 0 Å². The highest BCUT2D eigenvalue weighted by Crippen LogP contribution is 2.37. The molecule has 0 radical (unpaired) electrons. The fraction of sp³-hybridized carbons (Fsp3) is 0.263. The molecule has 104 valence electrons. The van der Waals surface area contributed by atoms with Crippen molar-refractivity contribution in [2.24, 2.45) is 15.9 Å². The molecule has 2 nitrogen and oxygen atoms in total. The molecule has 0 aromatic heterocycles. The third-order valence-corrected chi connectivity index (χ3v) is 4.36. The summed E-state index contributed by atoms with van der Waals surface area (Å²) in [7, 11) is 0. The molecule has 21 heavy (non-hydrogen) atoms. The summed E-state index contributed by atoms with van der Waals surface area (Å²) in [5.41, 5.74) is 5.75. The Balaban J connectivity index is 1.91. The molecule has 1 aliphatic carbocycles. The molecular weight excluding hydrogens is 256 g/mol. The summed E-state index contributed by atoms with van der Waals surface area (Å²) in [6.07, 6.45) is 4.79. The Morgan fingerprint density at radius 3 is 2.29 bits per heavy atom. The van der Waals surface area contributed by atoms with E-state index in [0.717, 1.165) is 17.8 Å². The van der Waals surface area contributed by atoms with Crippen LogP contribution in [0.4, 0.5) is 11.4 Å². The quantitative estimate of drug-likeness (QED) is 0.692. The van der Waals surface area contributed by atoms with E-state index in [0.29, 0.717) is 5.92 Å². The molecule has 0 spiro atoms. The summed E-state index contributed by atoms with van der Waals surface area (Å²) in [6.45, 7) is 0. The minimum absolute atomic E-state index is 0.383. The van der Waals surface area contributed by atoms with Crippen molar-refractivity contribution in [3.05, 3.63) is 60.2 Å². The highest BCUT2D eigenvalue weighted by Gasteiger charge is 2.28. The van der Waals surface area contributed by atoms with Gasteiger partial charge in [-0.1, -0.05) is 48.9 Å². The maximum Gasteiger partial charge on any atom is 0.0889 e. The third kappa shape index (κ3) is 2.31. The Kier molecular flexibility index (Phi) is 3.15. The van der Waals surface area contributed by atoms with E-state index in [1.807, 2.05) is 12.1 Å². The van der Waals surface area contributed by atoms with E-state index in [-0.39, 0.29) is 0 Å². The van der Waals surface area contributed by atoms with Crippen molar-refractivity contribution < 1.29 is 0 Å². The van der Waals surface area contributed by atoms with E-state index in [9.17, 15) is 0 Å². The summed E-state index contributed by atoms with van der Waals surface area (Å²) in [5.74, 6) is 0.383. The summed E-state index contributed by atoms with van der Waals surface area (Å²) >= 11 is 0. The third-order valence-electron chi connectivity index (χ3n) is 4.36. The Morgan fingerprint density at radius 2 is 1.48 bits per heavy atom. The second kappa shape index (κ2) is 5.28. The number of hydrogen-bond acceptors (Lipinski definition) is 2. The molecule has 2 aromatic carbocycles. The summed E-state index contributed by atoms with van der Waals surface area (Å²) in [4.78, 5) is 9.93. The molecule has 1 fully saturated rings. The first-order valence-corrected chi connectivity index (χ1v) is 7.72. The zero-order valence-corrected chi connectivity index (χ0v) is 12.0. The number of aliphatic imine (C=N–C) groups is 2. The Hall–Kier alpha value is -2.22. The smallest absolute Gasteiger partial charge is 0.0889 e. The molecule has 2 heteroatoms. The number of rotatable bonds is 1. The Morgan fingerprint density at radius 1 is 0.762 bits per heavy atom. The van der Waals surface area contributed by atoms with Crippen LogP contribution in [0.3, 0.4) is 0 Å². The molecule has 4 rings (SSSR count). The first-order chi connectivity index (χ1) is 10.4. The van der Waals surface area contributed by atoms with Gasteiger partial charge in [-0.05, 0) is 37.0 Å². The summed E-state index contributed by atoms with van der Waals surface area (Å²) < 4.78 is 0. The van der Waals surface area contributed by atoms with Gasteiger partial charge in [0.25, 0.3) is 0 Å². The highest BCUT2D eigenvalue weighted by molar-refractivity contribution is 6.17. The van der Waals surface area contributed by atoms with Gasteiger partial charge in [0.2, 0.25) is 0 Å². The van der Waals surface area contributed by atoms with Crippen molar-refractivity contribution in [2.75, 3.05) is 0 Å². The van der Waals surface area contributed by atoms with Crippen molar-refractivity contribution in [1.29, 1.82) is 0 Å². The fourth-order valence-corrected chi connectivity index (χ4v) is 3.31. The van der Waals surface area contributed by atoms with Gasteiger partial charge < -0.3 is 0 Å². The van der Waals surface area contributed by atoms with Crippen LogP contribution in [0, 0.1) is 5.92 Å². The van der Waals surface area contributed by atoms with Crippen molar-refractivity contribution in [2.45, 2.75) is 25.7 Å². The Labute approximate surface area is 125 Å². The van der Waals surface area contributed by atoms with E-state index >= 15 is 0 Å². The predicted octanol–water partition coefficient (Wildman–Crippen LogP) is 5.08. The van der Waals surface area contributed by atoms with Crippen molar-refractivity contribution in [3.63, 3.8) is 0 Å². The first kappa shape index (κ1) is 12.5. The van der Waals surface area contributed by atoms with Crippen molar-refractivity contribution >= 4 is 22.8 Å². The van der Waals surface area contributed by atoms with Gasteiger partial charge in [-0.3, -0.25) is 4.99 Å². The average molecular weight is 274 g/mol. The minimum Gasteiger partial charge on any atom is -0.255 e. The monoisotopic (exact) mass is 274 g/mol. The summed E-state index contributed by atoms with van der Waals surface area (Å²) in [5, 5.41) is 0. The van der Waals surface area contributed by atoms with Gasteiger partial charge in [0.1, 0.15) is 0 Å².